The average molecular weight is 478 g/mol. The lowest BCUT2D eigenvalue weighted by atomic mass is 10.1. The Balaban J connectivity index is 1.32. The number of hydrogen-bond acceptors (Lipinski definition) is 6. The zero-order chi connectivity index (χ0) is 25.1. The maximum Gasteiger partial charge on any atom is 0.344 e. The summed E-state index contributed by atoms with van der Waals surface area (Å²) in [4.78, 5) is 35.7. The minimum Gasteiger partial charge on any atom is -0.456 e. The molecule has 2 heterocycles. The van der Waals surface area contributed by atoms with Gasteiger partial charge in [0.25, 0.3) is 5.69 Å². The Labute approximate surface area is 204 Å². The van der Waals surface area contributed by atoms with E-state index in [0.717, 1.165) is 5.39 Å². The number of amides is 1. The number of benzene rings is 3. The molecule has 0 aliphatic heterocycles. The van der Waals surface area contributed by atoms with Crippen LogP contribution in [0.1, 0.15) is 5.76 Å². The number of furan rings is 1. The van der Waals surface area contributed by atoms with Gasteiger partial charge in [0.1, 0.15) is 17.1 Å². The molecule has 0 saturated heterocycles. The number of nitrogens with zero attached hydrogens (tertiary/aromatic N) is 1. The molecular weight excluding hydrogens is 460 g/mol. The van der Waals surface area contributed by atoms with E-state index in [-0.39, 0.29) is 5.69 Å². The Hall–Kier alpha value is -5.24. The van der Waals surface area contributed by atoms with Crippen molar-refractivity contribution in [1.82, 2.24) is 0 Å². The summed E-state index contributed by atoms with van der Waals surface area (Å²) in [5.74, 6) is 0.270. The molecule has 5 aromatic rings. The number of para-hydroxylation sites is 2. The molecule has 0 aliphatic carbocycles. The number of nitro benzene ring substituents is 1. The van der Waals surface area contributed by atoms with Crippen molar-refractivity contribution >= 4 is 34.3 Å². The molecule has 0 saturated carbocycles. The van der Waals surface area contributed by atoms with Gasteiger partial charge in [0.2, 0.25) is 5.91 Å². The highest BCUT2D eigenvalue weighted by Gasteiger charge is 2.16. The smallest absolute Gasteiger partial charge is 0.344 e. The number of carbonyl (C=O) groups is 1. The normalized spacial score (nSPS) is 11.1. The summed E-state index contributed by atoms with van der Waals surface area (Å²) in [6.45, 7) is 0. The third kappa shape index (κ3) is 4.69. The maximum absolute atomic E-state index is 12.5. The predicted molar refractivity (Wildman–Crippen MR) is 136 cm³/mol. The first-order chi connectivity index (χ1) is 17.5. The van der Waals surface area contributed by atoms with Gasteiger partial charge in [0.15, 0.2) is 0 Å². The van der Waals surface area contributed by atoms with Crippen LogP contribution in [0.5, 0.6) is 0 Å². The number of carbonyl (C=O) groups excluding carboxylic acids is 1. The van der Waals surface area contributed by atoms with E-state index in [1.165, 1.54) is 18.2 Å². The number of nitro groups is 1. The minimum absolute atomic E-state index is 0.0690. The fraction of sp³-hybridized carbons (Fsp3) is 0. The van der Waals surface area contributed by atoms with Gasteiger partial charge in [-0.1, -0.05) is 42.5 Å². The van der Waals surface area contributed by atoms with Crippen molar-refractivity contribution in [3.63, 3.8) is 0 Å². The number of nitrogens with one attached hydrogen (secondary N) is 1. The van der Waals surface area contributed by atoms with E-state index in [1.807, 2.05) is 12.1 Å². The fourth-order valence-electron chi connectivity index (χ4n) is 3.80. The van der Waals surface area contributed by atoms with E-state index in [9.17, 15) is 19.7 Å². The van der Waals surface area contributed by atoms with Gasteiger partial charge < -0.3 is 14.2 Å². The van der Waals surface area contributed by atoms with Crippen LogP contribution < -0.4 is 10.9 Å². The van der Waals surface area contributed by atoms with E-state index in [1.54, 1.807) is 72.8 Å². The number of anilines is 1. The lowest BCUT2D eigenvalue weighted by Gasteiger charge is -2.06. The van der Waals surface area contributed by atoms with Crippen molar-refractivity contribution in [2.24, 2.45) is 0 Å². The lowest BCUT2D eigenvalue weighted by Crippen LogP contribution is -2.08. The van der Waals surface area contributed by atoms with Gasteiger partial charge in [-0.05, 0) is 54.1 Å². The molecule has 0 atom stereocenters. The zero-order valence-electron chi connectivity index (χ0n) is 18.7. The highest BCUT2D eigenvalue weighted by atomic mass is 16.6. The highest BCUT2D eigenvalue weighted by molar-refractivity contribution is 6.02. The molecule has 0 fully saturated rings. The monoisotopic (exact) mass is 478 g/mol. The van der Waals surface area contributed by atoms with Crippen LogP contribution in [0.4, 0.5) is 11.4 Å². The van der Waals surface area contributed by atoms with E-state index in [4.69, 9.17) is 8.83 Å². The Morgan fingerprint density at radius 1 is 0.861 bits per heavy atom. The molecule has 0 bridgehead atoms. The van der Waals surface area contributed by atoms with Crippen LogP contribution >= 0.6 is 0 Å². The molecule has 0 unspecified atom stereocenters. The maximum atomic E-state index is 12.5. The predicted octanol–water partition coefficient (Wildman–Crippen LogP) is 6.28. The van der Waals surface area contributed by atoms with E-state index < -0.39 is 16.5 Å². The molecular formula is C28H18N2O6. The molecule has 5 rings (SSSR count). The highest BCUT2D eigenvalue weighted by Crippen LogP contribution is 2.31. The Bertz CT molecular complexity index is 1700. The summed E-state index contributed by atoms with van der Waals surface area (Å²) >= 11 is 0. The van der Waals surface area contributed by atoms with Crippen LogP contribution in [0, 0.1) is 10.1 Å². The van der Waals surface area contributed by atoms with Gasteiger partial charge in [-0.2, -0.15) is 0 Å². The van der Waals surface area contributed by atoms with Crippen molar-refractivity contribution in [3.8, 4) is 22.5 Å². The van der Waals surface area contributed by atoms with Crippen LogP contribution in [0.2, 0.25) is 0 Å². The lowest BCUT2D eigenvalue weighted by molar-refractivity contribution is -0.384. The Kier molecular flexibility index (Phi) is 5.98. The van der Waals surface area contributed by atoms with Crippen molar-refractivity contribution in [2.75, 3.05) is 5.32 Å². The van der Waals surface area contributed by atoms with Crippen LogP contribution in [-0.2, 0) is 4.79 Å². The first kappa shape index (κ1) is 22.5. The molecule has 0 spiro atoms. The van der Waals surface area contributed by atoms with Crippen LogP contribution in [0.25, 0.3) is 39.5 Å². The number of fused-ring (bicyclic) bond motifs is 1. The zero-order valence-corrected chi connectivity index (χ0v) is 18.7. The van der Waals surface area contributed by atoms with E-state index >= 15 is 0 Å². The molecule has 8 heteroatoms. The Morgan fingerprint density at radius 2 is 1.67 bits per heavy atom. The second kappa shape index (κ2) is 9.55. The molecule has 2 aromatic heterocycles. The molecule has 0 radical (unpaired) electrons. The van der Waals surface area contributed by atoms with E-state index in [0.29, 0.717) is 39.5 Å². The van der Waals surface area contributed by atoms with Gasteiger partial charge in [0, 0.05) is 23.2 Å². The van der Waals surface area contributed by atoms with Crippen molar-refractivity contribution in [2.45, 2.75) is 0 Å². The standard InChI is InChI=1S/C28H18N2O6/c31-27(15-13-21-12-14-26(35-21)22-9-2-3-10-24(22)30(33)34)29-20-8-5-7-18(16-20)23-17-19-6-1-4-11-25(19)36-28(23)32/h1-17H,(H,29,31)/b15-13+. The van der Waals surface area contributed by atoms with Gasteiger partial charge in [-0.15, -0.1) is 0 Å². The molecule has 176 valence electrons. The topological polar surface area (TPSA) is 116 Å². The molecule has 8 nitrogen and oxygen atoms in total. The summed E-state index contributed by atoms with van der Waals surface area (Å²) in [7, 11) is 0. The summed E-state index contributed by atoms with van der Waals surface area (Å²) in [6.07, 6.45) is 2.76. The third-order valence-electron chi connectivity index (χ3n) is 5.47. The second-order valence-electron chi connectivity index (χ2n) is 7.87. The van der Waals surface area contributed by atoms with Crippen LogP contribution in [0.3, 0.4) is 0 Å². The molecule has 3 aromatic carbocycles. The molecule has 0 aliphatic rings. The van der Waals surface area contributed by atoms with Gasteiger partial charge in [-0.25, -0.2) is 4.79 Å². The largest absolute Gasteiger partial charge is 0.456 e. The first-order valence-electron chi connectivity index (χ1n) is 10.9. The quantitative estimate of drug-likeness (QED) is 0.133. The average Bonchev–Trinajstić information content (AvgIpc) is 3.36. The summed E-state index contributed by atoms with van der Waals surface area (Å²) in [5.41, 5.74) is 1.81. The third-order valence-corrected chi connectivity index (χ3v) is 5.47. The summed E-state index contributed by atoms with van der Waals surface area (Å²) < 4.78 is 11.1. The molecule has 1 amide bonds. The minimum atomic E-state index is -0.475. The SMILES string of the molecule is O=C(/C=C/c1ccc(-c2ccccc2[N+](=O)[O-])o1)Nc1cccc(-c2cc3ccccc3oc2=O)c1. The number of rotatable bonds is 6. The van der Waals surface area contributed by atoms with E-state index in [2.05, 4.69) is 5.32 Å². The van der Waals surface area contributed by atoms with Crippen LogP contribution in [0.15, 0.2) is 111 Å². The van der Waals surface area contributed by atoms with Crippen molar-refractivity contribution < 1.29 is 18.6 Å². The molecule has 36 heavy (non-hydrogen) atoms. The second-order valence-corrected chi connectivity index (χ2v) is 7.87. The van der Waals surface area contributed by atoms with Crippen molar-refractivity contribution in [3.05, 3.63) is 123 Å². The van der Waals surface area contributed by atoms with Crippen LogP contribution in [-0.4, -0.2) is 10.8 Å². The fourth-order valence-corrected chi connectivity index (χ4v) is 3.80. The van der Waals surface area contributed by atoms with Gasteiger partial charge in [0.05, 0.1) is 16.1 Å². The van der Waals surface area contributed by atoms with Gasteiger partial charge in [-0.3, -0.25) is 14.9 Å². The summed E-state index contributed by atoms with van der Waals surface area (Å²) in [5, 5.41) is 14.8. The first-order valence-corrected chi connectivity index (χ1v) is 10.9. The number of hydrogen-bond donors (Lipinski definition) is 1. The molecule has 1 N–H and O–H groups in total. The Morgan fingerprint density at radius 3 is 2.53 bits per heavy atom. The van der Waals surface area contributed by atoms with Gasteiger partial charge >= 0.3 is 5.63 Å². The summed E-state index contributed by atoms with van der Waals surface area (Å²) in [6, 6.07) is 25.4. The van der Waals surface area contributed by atoms with Crippen molar-refractivity contribution in [1.29, 1.82) is 0 Å².